The molecule has 0 unspecified atom stereocenters. The van der Waals surface area contributed by atoms with E-state index < -0.39 is 0 Å². The van der Waals surface area contributed by atoms with Crippen LogP contribution in [0, 0.1) is 0 Å². The van der Waals surface area contributed by atoms with Gasteiger partial charge in [-0.05, 0) is 19.3 Å². The number of ether oxygens (including phenoxy) is 1. The van der Waals surface area contributed by atoms with E-state index in [1.165, 1.54) is 7.11 Å². The normalized spacial score (nSPS) is 27.5. The first-order valence-electron chi connectivity index (χ1n) is 5.17. The summed E-state index contributed by atoms with van der Waals surface area (Å²) in [7, 11) is 1.43. The highest BCUT2D eigenvalue weighted by Gasteiger charge is 2.30. The summed E-state index contributed by atoms with van der Waals surface area (Å²) in [5.74, 6) is 0. The van der Waals surface area contributed by atoms with Crippen LogP contribution < -0.4 is 0 Å². The monoisotopic (exact) mass is 219 g/mol. The first-order chi connectivity index (χ1) is 6.69. The minimum atomic E-state index is -0.216. The van der Waals surface area contributed by atoms with Gasteiger partial charge in [-0.2, -0.15) is 0 Å². The molecule has 1 heterocycles. The zero-order chi connectivity index (χ0) is 10.6. The minimum absolute atomic E-state index is 0.215. The Hall–Kier alpha value is -0.440. The molecule has 0 saturated carbocycles. The van der Waals surface area contributed by atoms with Crippen LogP contribution in [0.4, 0.5) is 4.79 Å². The molecule has 0 spiro atoms. The fraction of sp³-hybridized carbons (Fsp3) is 0.900. The number of carbonyl (C=O) groups is 1. The third-order valence-electron chi connectivity index (χ3n) is 2.68. The maximum absolute atomic E-state index is 11.4. The number of carbonyl (C=O) groups excluding carboxylic acids is 1. The van der Waals surface area contributed by atoms with Gasteiger partial charge in [-0.25, -0.2) is 4.79 Å². The van der Waals surface area contributed by atoms with Crippen LogP contribution in [-0.2, 0) is 4.74 Å². The number of hydrogen-bond donors (Lipinski definition) is 0. The van der Waals surface area contributed by atoms with Crippen molar-refractivity contribution in [2.24, 2.45) is 0 Å². The van der Waals surface area contributed by atoms with Gasteiger partial charge in [0.15, 0.2) is 0 Å². The molecule has 0 aromatic rings. The predicted octanol–water partition coefficient (Wildman–Crippen LogP) is 2.62. The number of alkyl halides is 1. The second kappa shape index (κ2) is 5.44. The van der Waals surface area contributed by atoms with Crippen LogP contribution in [0.5, 0.6) is 0 Å². The Kier molecular flexibility index (Phi) is 4.52. The molecule has 14 heavy (non-hydrogen) atoms. The lowest BCUT2D eigenvalue weighted by Gasteiger charge is -2.36. The van der Waals surface area contributed by atoms with Crippen molar-refractivity contribution >= 4 is 17.7 Å². The molecule has 0 N–H and O–H groups in total. The Morgan fingerprint density at radius 1 is 1.64 bits per heavy atom. The van der Waals surface area contributed by atoms with Crippen molar-refractivity contribution < 1.29 is 9.53 Å². The summed E-state index contributed by atoms with van der Waals surface area (Å²) in [5.41, 5.74) is 0. The highest BCUT2D eigenvalue weighted by molar-refractivity contribution is 6.20. The number of piperidine rings is 1. The van der Waals surface area contributed by atoms with Crippen LogP contribution in [0.3, 0.4) is 0 Å². The van der Waals surface area contributed by atoms with E-state index in [0.29, 0.717) is 0 Å². The Labute approximate surface area is 90.4 Å². The van der Waals surface area contributed by atoms with E-state index in [1.54, 1.807) is 0 Å². The van der Waals surface area contributed by atoms with E-state index in [2.05, 4.69) is 6.92 Å². The fourth-order valence-electron chi connectivity index (χ4n) is 1.97. The van der Waals surface area contributed by atoms with Gasteiger partial charge < -0.3 is 9.64 Å². The standard InChI is InChI=1S/C10H18ClNO2/c1-3-4-9-7-8(11)5-6-12(9)10(13)14-2/h8-9H,3-7H2,1-2H3/t8-,9+/m1/s1. The largest absolute Gasteiger partial charge is 0.453 e. The van der Waals surface area contributed by atoms with E-state index in [-0.39, 0.29) is 17.5 Å². The topological polar surface area (TPSA) is 29.5 Å². The smallest absolute Gasteiger partial charge is 0.409 e. The first-order valence-corrected chi connectivity index (χ1v) is 5.61. The van der Waals surface area contributed by atoms with Gasteiger partial charge in [0.2, 0.25) is 0 Å². The molecule has 1 saturated heterocycles. The number of nitrogens with zero attached hydrogens (tertiary/aromatic N) is 1. The molecule has 1 amide bonds. The highest BCUT2D eigenvalue weighted by Crippen LogP contribution is 2.25. The molecule has 3 nitrogen and oxygen atoms in total. The molecule has 1 rings (SSSR count). The molecule has 1 fully saturated rings. The van der Waals surface area contributed by atoms with Crippen molar-refractivity contribution in [2.45, 2.75) is 44.0 Å². The zero-order valence-electron chi connectivity index (χ0n) is 8.83. The van der Waals surface area contributed by atoms with E-state index in [0.717, 1.165) is 32.2 Å². The molecule has 1 aliphatic heterocycles. The molecule has 0 bridgehead atoms. The van der Waals surface area contributed by atoms with Crippen LogP contribution in [0.1, 0.15) is 32.6 Å². The van der Waals surface area contributed by atoms with Crippen molar-refractivity contribution in [2.75, 3.05) is 13.7 Å². The van der Waals surface area contributed by atoms with Gasteiger partial charge in [0.05, 0.1) is 7.11 Å². The molecular weight excluding hydrogens is 202 g/mol. The summed E-state index contributed by atoms with van der Waals surface area (Å²) in [5, 5.41) is 0.215. The number of methoxy groups -OCH3 is 1. The van der Waals surface area contributed by atoms with Crippen LogP contribution in [0.25, 0.3) is 0 Å². The number of amides is 1. The molecule has 4 heteroatoms. The van der Waals surface area contributed by atoms with E-state index in [4.69, 9.17) is 16.3 Å². The first kappa shape index (κ1) is 11.6. The second-order valence-electron chi connectivity index (χ2n) is 3.73. The van der Waals surface area contributed by atoms with Gasteiger partial charge in [0.25, 0.3) is 0 Å². The summed E-state index contributed by atoms with van der Waals surface area (Å²) < 4.78 is 4.75. The number of halogens is 1. The minimum Gasteiger partial charge on any atom is -0.453 e. The van der Waals surface area contributed by atoms with Gasteiger partial charge in [0, 0.05) is 18.0 Å². The van der Waals surface area contributed by atoms with E-state index in [9.17, 15) is 4.79 Å². The van der Waals surface area contributed by atoms with E-state index >= 15 is 0 Å². The van der Waals surface area contributed by atoms with E-state index in [1.807, 2.05) is 4.90 Å². The zero-order valence-corrected chi connectivity index (χ0v) is 9.59. The highest BCUT2D eigenvalue weighted by atomic mass is 35.5. The van der Waals surface area contributed by atoms with Crippen LogP contribution in [0.2, 0.25) is 0 Å². The Morgan fingerprint density at radius 3 is 2.93 bits per heavy atom. The Bertz CT molecular complexity index is 199. The van der Waals surface area contributed by atoms with Gasteiger partial charge >= 0.3 is 6.09 Å². The molecule has 1 aliphatic rings. The number of rotatable bonds is 2. The van der Waals surface area contributed by atoms with Crippen molar-refractivity contribution in [1.29, 1.82) is 0 Å². The van der Waals surface area contributed by atoms with Crippen molar-refractivity contribution in [3.05, 3.63) is 0 Å². The molecule has 0 radical (unpaired) electrons. The lowest BCUT2D eigenvalue weighted by Crippen LogP contribution is -2.46. The molecule has 82 valence electrons. The predicted molar refractivity (Wildman–Crippen MR) is 56.7 cm³/mol. The molecule has 0 aromatic heterocycles. The summed E-state index contributed by atoms with van der Waals surface area (Å²) in [6.07, 6.45) is 3.63. The Balaban J connectivity index is 2.57. The molecule has 0 aromatic carbocycles. The summed E-state index contributed by atoms with van der Waals surface area (Å²) in [6, 6.07) is 0.267. The van der Waals surface area contributed by atoms with Crippen molar-refractivity contribution in [3.8, 4) is 0 Å². The third kappa shape index (κ3) is 2.77. The maximum atomic E-state index is 11.4. The number of hydrogen-bond acceptors (Lipinski definition) is 2. The van der Waals surface area contributed by atoms with Gasteiger partial charge in [0.1, 0.15) is 0 Å². The quantitative estimate of drug-likeness (QED) is 0.669. The average Bonchev–Trinajstić information content (AvgIpc) is 2.17. The fourth-order valence-corrected chi connectivity index (χ4v) is 2.27. The summed E-state index contributed by atoms with van der Waals surface area (Å²) in [4.78, 5) is 13.2. The maximum Gasteiger partial charge on any atom is 0.409 e. The lowest BCUT2D eigenvalue weighted by atomic mass is 9.98. The summed E-state index contributed by atoms with van der Waals surface area (Å²) >= 11 is 6.08. The van der Waals surface area contributed by atoms with Gasteiger partial charge in [-0.1, -0.05) is 13.3 Å². The van der Waals surface area contributed by atoms with Crippen LogP contribution >= 0.6 is 11.6 Å². The van der Waals surface area contributed by atoms with Gasteiger partial charge in [-0.3, -0.25) is 0 Å². The second-order valence-corrected chi connectivity index (χ2v) is 4.34. The van der Waals surface area contributed by atoms with Crippen LogP contribution in [0.15, 0.2) is 0 Å². The molecule has 0 aliphatic carbocycles. The van der Waals surface area contributed by atoms with Crippen molar-refractivity contribution in [1.82, 2.24) is 4.90 Å². The SMILES string of the molecule is CCC[C@H]1C[C@H](Cl)CCN1C(=O)OC. The number of likely N-dealkylation sites (tertiary alicyclic amines) is 1. The lowest BCUT2D eigenvalue weighted by molar-refractivity contribution is 0.0876. The third-order valence-corrected chi connectivity index (χ3v) is 3.08. The van der Waals surface area contributed by atoms with Crippen molar-refractivity contribution in [3.63, 3.8) is 0 Å². The Morgan fingerprint density at radius 2 is 2.36 bits per heavy atom. The van der Waals surface area contributed by atoms with Gasteiger partial charge in [-0.15, -0.1) is 11.6 Å². The van der Waals surface area contributed by atoms with Crippen LogP contribution in [-0.4, -0.2) is 36.1 Å². The summed E-state index contributed by atoms with van der Waals surface area (Å²) in [6.45, 7) is 2.85. The molecule has 2 atom stereocenters. The molecular formula is C10H18ClNO2. The average molecular weight is 220 g/mol.